The molecule has 0 bridgehead atoms. The van der Waals surface area contributed by atoms with E-state index < -0.39 is 5.97 Å². The van der Waals surface area contributed by atoms with Gasteiger partial charge in [-0.1, -0.05) is 31.4 Å². The molecule has 6 heteroatoms. The van der Waals surface area contributed by atoms with Crippen LogP contribution in [0.2, 0.25) is 0 Å². The minimum Gasteiger partial charge on any atom is -0.460 e. The lowest BCUT2D eigenvalue weighted by Gasteiger charge is -2.20. The predicted octanol–water partition coefficient (Wildman–Crippen LogP) is 2.61. The number of rotatable bonds is 6. The summed E-state index contributed by atoms with van der Waals surface area (Å²) in [5.41, 5.74) is 1.84. The molecule has 0 unspecified atom stereocenters. The van der Waals surface area contributed by atoms with Crippen molar-refractivity contribution >= 4 is 11.9 Å². The van der Waals surface area contributed by atoms with Crippen molar-refractivity contribution in [1.29, 1.82) is 0 Å². The summed E-state index contributed by atoms with van der Waals surface area (Å²) in [6.45, 7) is 0.123. The van der Waals surface area contributed by atoms with Gasteiger partial charge in [-0.25, -0.2) is 4.68 Å². The lowest BCUT2D eigenvalue weighted by atomic mass is 9.89. The summed E-state index contributed by atoms with van der Waals surface area (Å²) < 4.78 is 6.98. The van der Waals surface area contributed by atoms with Crippen LogP contribution in [0.1, 0.15) is 37.7 Å². The highest BCUT2D eigenvalue weighted by Gasteiger charge is 2.21. The van der Waals surface area contributed by atoms with Gasteiger partial charge in [0.1, 0.15) is 13.2 Å². The van der Waals surface area contributed by atoms with Gasteiger partial charge >= 0.3 is 5.97 Å². The fourth-order valence-electron chi connectivity index (χ4n) is 3.05. The first kappa shape index (κ1) is 17.2. The standard InChI is InChI=1S/C19H23N3O3/c23-18(13-20-19(24)16-5-2-1-3-6-16)25-14-15-7-9-17(10-8-15)22-12-4-11-21-22/h4,7-12,16H,1-3,5-6,13-14H2,(H,20,24). The molecule has 1 saturated carbocycles. The van der Waals surface area contributed by atoms with E-state index in [1.807, 2.05) is 36.5 Å². The molecule has 1 aliphatic carbocycles. The molecule has 25 heavy (non-hydrogen) atoms. The number of carbonyl (C=O) groups is 2. The number of amides is 1. The second-order valence-electron chi connectivity index (χ2n) is 6.33. The quantitative estimate of drug-likeness (QED) is 0.820. The number of ether oxygens (including phenoxy) is 1. The van der Waals surface area contributed by atoms with Gasteiger partial charge in [0, 0.05) is 18.3 Å². The van der Waals surface area contributed by atoms with Crippen molar-refractivity contribution < 1.29 is 14.3 Å². The van der Waals surface area contributed by atoms with Crippen LogP contribution < -0.4 is 5.32 Å². The Kier molecular flexibility index (Phi) is 5.82. The maximum absolute atomic E-state index is 12.0. The van der Waals surface area contributed by atoms with E-state index in [1.165, 1.54) is 6.42 Å². The predicted molar refractivity (Wildman–Crippen MR) is 92.9 cm³/mol. The minimum atomic E-state index is -0.416. The zero-order valence-corrected chi connectivity index (χ0v) is 14.2. The van der Waals surface area contributed by atoms with Crippen LogP contribution in [0.4, 0.5) is 0 Å². The second kappa shape index (κ2) is 8.46. The van der Waals surface area contributed by atoms with Crippen LogP contribution in [0.15, 0.2) is 42.7 Å². The second-order valence-corrected chi connectivity index (χ2v) is 6.33. The highest BCUT2D eigenvalue weighted by molar-refractivity contribution is 5.83. The van der Waals surface area contributed by atoms with Crippen molar-refractivity contribution in [1.82, 2.24) is 15.1 Å². The van der Waals surface area contributed by atoms with Crippen LogP contribution in [-0.4, -0.2) is 28.2 Å². The van der Waals surface area contributed by atoms with E-state index >= 15 is 0 Å². The Balaban J connectivity index is 1.40. The van der Waals surface area contributed by atoms with Crippen LogP contribution in [0.5, 0.6) is 0 Å². The number of aromatic nitrogens is 2. The van der Waals surface area contributed by atoms with Gasteiger partial charge in [0.2, 0.25) is 5.91 Å². The zero-order chi connectivity index (χ0) is 17.5. The Morgan fingerprint density at radius 1 is 1.16 bits per heavy atom. The minimum absolute atomic E-state index is 0.0276. The number of hydrogen-bond acceptors (Lipinski definition) is 4. The van der Waals surface area contributed by atoms with Gasteiger partial charge < -0.3 is 10.1 Å². The van der Waals surface area contributed by atoms with Crippen molar-refractivity contribution in [3.05, 3.63) is 48.3 Å². The number of benzene rings is 1. The molecule has 1 N–H and O–H groups in total. The molecule has 2 aromatic rings. The highest BCUT2D eigenvalue weighted by atomic mass is 16.5. The first-order valence-corrected chi connectivity index (χ1v) is 8.74. The molecule has 1 heterocycles. The topological polar surface area (TPSA) is 73.2 Å². The zero-order valence-electron chi connectivity index (χ0n) is 14.2. The van der Waals surface area contributed by atoms with Gasteiger partial charge in [-0.15, -0.1) is 0 Å². The van der Waals surface area contributed by atoms with Gasteiger partial charge in [-0.05, 0) is 36.6 Å². The molecule has 0 saturated heterocycles. The average Bonchev–Trinajstić information content (AvgIpc) is 3.20. The molecular formula is C19H23N3O3. The third-order valence-corrected chi connectivity index (χ3v) is 4.49. The average molecular weight is 341 g/mol. The largest absolute Gasteiger partial charge is 0.460 e. The van der Waals surface area contributed by atoms with Crippen molar-refractivity contribution in [2.45, 2.75) is 38.7 Å². The van der Waals surface area contributed by atoms with Crippen LogP contribution in [0.3, 0.4) is 0 Å². The molecule has 1 aliphatic rings. The molecule has 0 spiro atoms. The van der Waals surface area contributed by atoms with E-state index in [0.29, 0.717) is 0 Å². The van der Waals surface area contributed by atoms with Gasteiger partial charge in [0.15, 0.2) is 0 Å². The summed E-state index contributed by atoms with van der Waals surface area (Å²) in [5, 5.41) is 6.85. The monoisotopic (exact) mass is 341 g/mol. The summed E-state index contributed by atoms with van der Waals surface area (Å²) in [6.07, 6.45) is 8.81. The molecule has 1 amide bonds. The Morgan fingerprint density at radius 2 is 1.92 bits per heavy atom. The molecular weight excluding hydrogens is 318 g/mol. The number of nitrogens with one attached hydrogen (secondary N) is 1. The molecule has 132 valence electrons. The Hall–Kier alpha value is -2.63. The fraction of sp³-hybridized carbons (Fsp3) is 0.421. The third kappa shape index (κ3) is 4.92. The third-order valence-electron chi connectivity index (χ3n) is 4.49. The Morgan fingerprint density at radius 3 is 2.60 bits per heavy atom. The fourth-order valence-corrected chi connectivity index (χ4v) is 3.05. The summed E-state index contributed by atoms with van der Waals surface area (Å²) in [7, 11) is 0. The smallest absolute Gasteiger partial charge is 0.325 e. The number of esters is 1. The molecule has 3 rings (SSSR count). The van der Waals surface area contributed by atoms with Crippen molar-refractivity contribution in [3.63, 3.8) is 0 Å². The summed E-state index contributed by atoms with van der Waals surface area (Å²) in [4.78, 5) is 23.8. The molecule has 1 aromatic heterocycles. The van der Waals surface area contributed by atoms with Gasteiger partial charge in [-0.2, -0.15) is 5.10 Å². The van der Waals surface area contributed by atoms with E-state index in [-0.39, 0.29) is 25.0 Å². The highest BCUT2D eigenvalue weighted by Crippen LogP contribution is 2.23. The van der Waals surface area contributed by atoms with Crippen LogP contribution >= 0.6 is 0 Å². The normalized spacial score (nSPS) is 14.9. The van der Waals surface area contributed by atoms with Crippen molar-refractivity contribution in [2.75, 3.05) is 6.54 Å². The lowest BCUT2D eigenvalue weighted by molar-refractivity contribution is -0.145. The van der Waals surface area contributed by atoms with Crippen LogP contribution in [0.25, 0.3) is 5.69 Å². The van der Waals surface area contributed by atoms with Crippen molar-refractivity contribution in [3.8, 4) is 5.69 Å². The van der Waals surface area contributed by atoms with E-state index in [1.54, 1.807) is 10.9 Å². The van der Waals surface area contributed by atoms with Gasteiger partial charge in [-0.3, -0.25) is 9.59 Å². The molecule has 0 radical (unpaired) electrons. The van der Waals surface area contributed by atoms with E-state index in [9.17, 15) is 9.59 Å². The van der Waals surface area contributed by atoms with Gasteiger partial charge in [0.05, 0.1) is 5.69 Å². The van der Waals surface area contributed by atoms with E-state index in [0.717, 1.165) is 36.9 Å². The summed E-state index contributed by atoms with van der Waals surface area (Å²) in [6, 6.07) is 9.48. The first-order valence-electron chi connectivity index (χ1n) is 8.74. The molecule has 0 aliphatic heterocycles. The molecule has 6 nitrogen and oxygen atoms in total. The SMILES string of the molecule is O=C(CNC(=O)C1CCCCC1)OCc1ccc(-n2cccn2)cc1. The Bertz CT molecular complexity index is 689. The Labute approximate surface area is 147 Å². The molecule has 1 aromatic carbocycles. The van der Waals surface area contributed by atoms with Crippen LogP contribution in [-0.2, 0) is 20.9 Å². The molecule has 0 atom stereocenters. The van der Waals surface area contributed by atoms with Gasteiger partial charge in [0.25, 0.3) is 0 Å². The molecule has 1 fully saturated rings. The lowest BCUT2D eigenvalue weighted by Crippen LogP contribution is -2.36. The van der Waals surface area contributed by atoms with Crippen LogP contribution in [0, 0.1) is 5.92 Å². The summed E-state index contributed by atoms with van der Waals surface area (Å²) >= 11 is 0. The number of hydrogen-bond donors (Lipinski definition) is 1. The first-order chi connectivity index (χ1) is 12.2. The maximum Gasteiger partial charge on any atom is 0.325 e. The maximum atomic E-state index is 12.0. The van der Waals surface area contributed by atoms with Crippen molar-refractivity contribution in [2.24, 2.45) is 5.92 Å². The summed E-state index contributed by atoms with van der Waals surface area (Å²) in [5.74, 6) is -0.392. The van der Waals surface area contributed by atoms with E-state index in [2.05, 4.69) is 10.4 Å². The number of carbonyl (C=O) groups excluding carboxylic acids is 2. The van der Waals surface area contributed by atoms with E-state index in [4.69, 9.17) is 4.74 Å². The number of nitrogens with zero attached hydrogens (tertiary/aromatic N) is 2.